The number of halogens is 1. The summed E-state index contributed by atoms with van der Waals surface area (Å²) in [6.45, 7) is 2.20. The lowest BCUT2D eigenvalue weighted by molar-refractivity contribution is 0.0735. The van der Waals surface area contributed by atoms with E-state index in [1.807, 2.05) is 33.7 Å². The third-order valence-electron chi connectivity index (χ3n) is 6.70. The van der Waals surface area contributed by atoms with Gasteiger partial charge in [0.25, 0.3) is 5.91 Å². The first-order chi connectivity index (χ1) is 15.2. The van der Waals surface area contributed by atoms with E-state index in [2.05, 4.69) is 29.6 Å². The monoisotopic (exact) mass is 436 g/mol. The molecule has 3 aromatic rings. The van der Waals surface area contributed by atoms with E-state index in [1.54, 1.807) is 0 Å². The average Bonchev–Trinajstić information content (AvgIpc) is 3.47. The molecule has 31 heavy (non-hydrogen) atoms. The van der Waals surface area contributed by atoms with Crippen LogP contribution in [0.2, 0.25) is 5.02 Å². The lowest BCUT2D eigenvalue weighted by atomic mass is 10.0. The third-order valence-corrected chi connectivity index (χ3v) is 6.92. The van der Waals surface area contributed by atoms with E-state index >= 15 is 0 Å². The summed E-state index contributed by atoms with van der Waals surface area (Å²) in [6.07, 6.45) is 9.86. The molecule has 2 fully saturated rings. The normalized spacial score (nSPS) is 18.5. The lowest BCUT2D eigenvalue weighted by Gasteiger charge is -2.25. The number of carbonyl (C=O) groups is 1. The number of rotatable bonds is 5. The van der Waals surface area contributed by atoms with E-state index in [4.69, 9.17) is 16.6 Å². The van der Waals surface area contributed by atoms with Crippen LogP contribution < -0.4 is 5.32 Å². The second-order valence-corrected chi connectivity index (χ2v) is 9.28. The van der Waals surface area contributed by atoms with E-state index < -0.39 is 0 Å². The second kappa shape index (κ2) is 8.64. The minimum Gasteiger partial charge on any atom is -0.337 e. The molecule has 1 saturated heterocycles. The van der Waals surface area contributed by atoms with Gasteiger partial charge in [0.2, 0.25) is 0 Å². The van der Waals surface area contributed by atoms with Crippen LogP contribution in [-0.2, 0) is 12.1 Å². The highest BCUT2D eigenvalue weighted by molar-refractivity contribution is 6.30. The summed E-state index contributed by atoms with van der Waals surface area (Å²) in [6, 6.07) is 14.3. The van der Waals surface area contributed by atoms with Crippen molar-refractivity contribution in [3.63, 3.8) is 0 Å². The van der Waals surface area contributed by atoms with Gasteiger partial charge in [0, 0.05) is 31.4 Å². The van der Waals surface area contributed by atoms with Gasteiger partial charge in [-0.2, -0.15) is 0 Å². The van der Waals surface area contributed by atoms with Crippen LogP contribution in [0, 0.1) is 0 Å². The molecule has 2 aromatic heterocycles. The van der Waals surface area contributed by atoms with Crippen LogP contribution in [0.5, 0.6) is 0 Å². The van der Waals surface area contributed by atoms with Crippen LogP contribution >= 0.6 is 11.6 Å². The van der Waals surface area contributed by atoms with Gasteiger partial charge in [-0.25, -0.2) is 4.98 Å². The Hall–Kier alpha value is -2.37. The highest BCUT2D eigenvalue weighted by atomic mass is 35.5. The number of amides is 1. The summed E-state index contributed by atoms with van der Waals surface area (Å²) in [4.78, 5) is 20.3. The molecule has 1 amide bonds. The Morgan fingerprint density at radius 1 is 1.00 bits per heavy atom. The Morgan fingerprint density at radius 2 is 1.71 bits per heavy atom. The van der Waals surface area contributed by atoms with Gasteiger partial charge in [0.05, 0.1) is 10.7 Å². The predicted molar refractivity (Wildman–Crippen MR) is 123 cm³/mol. The third kappa shape index (κ3) is 4.21. The molecule has 5 rings (SSSR count). The van der Waals surface area contributed by atoms with E-state index in [-0.39, 0.29) is 11.4 Å². The molecule has 2 aliphatic rings. The molecule has 0 spiro atoms. The number of imidazole rings is 1. The van der Waals surface area contributed by atoms with Gasteiger partial charge in [0.15, 0.2) is 5.69 Å². The van der Waals surface area contributed by atoms with E-state index in [9.17, 15) is 4.79 Å². The fourth-order valence-corrected chi connectivity index (χ4v) is 4.87. The number of pyridine rings is 1. The number of benzene rings is 1. The molecule has 5 nitrogen and oxygen atoms in total. The maximum Gasteiger partial charge on any atom is 0.274 e. The van der Waals surface area contributed by atoms with Gasteiger partial charge in [-0.3, -0.25) is 4.79 Å². The van der Waals surface area contributed by atoms with Crippen molar-refractivity contribution in [3.8, 4) is 0 Å². The van der Waals surface area contributed by atoms with Crippen molar-refractivity contribution in [2.24, 2.45) is 0 Å². The molecule has 0 unspecified atom stereocenters. The van der Waals surface area contributed by atoms with Crippen LogP contribution in [0.1, 0.15) is 66.7 Å². The average molecular weight is 437 g/mol. The first kappa shape index (κ1) is 20.5. The Balaban J connectivity index is 1.46. The van der Waals surface area contributed by atoms with Crippen molar-refractivity contribution in [3.05, 3.63) is 70.6 Å². The number of hydrogen-bond donors (Lipinski definition) is 1. The number of carbonyl (C=O) groups excluding carboxylic acids is 1. The van der Waals surface area contributed by atoms with Crippen molar-refractivity contribution in [2.75, 3.05) is 13.1 Å². The number of nitrogens with zero attached hydrogens (tertiary/aromatic N) is 3. The summed E-state index contributed by atoms with van der Waals surface area (Å²) in [5.74, 6) is 0.0445. The zero-order chi connectivity index (χ0) is 21.3. The van der Waals surface area contributed by atoms with Crippen LogP contribution in [0.25, 0.3) is 5.65 Å². The quantitative estimate of drug-likeness (QED) is 0.600. The van der Waals surface area contributed by atoms with Gasteiger partial charge in [0.1, 0.15) is 5.65 Å². The molecule has 0 atom stereocenters. The Bertz CT molecular complexity index is 1070. The Kier molecular flexibility index (Phi) is 5.72. The topological polar surface area (TPSA) is 49.6 Å². The van der Waals surface area contributed by atoms with Crippen LogP contribution in [0.3, 0.4) is 0 Å². The highest BCUT2D eigenvalue weighted by Gasteiger charge is 2.44. The number of aromatic nitrogens is 2. The molecule has 6 heteroatoms. The van der Waals surface area contributed by atoms with Gasteiger partial charge in [-0.05, 0) is 43.4 Å². The van der Waals surface area contributed by atoms with Gasteiger partial charge >= 0.3 is 0 Å². The highest BCUT2D eigenvalue weighted by Crippen LogP contribution is 2.45. The van der Waals surface area contributed by atoms with Crippen molar-refractivity contribution in [1.82, 2.24) is 19.6 Å². The predicted octanol–water partition coefficient (Wildman–Crippen LogP) is 5.17. The molecule has 3 heterocycles. The van der Waals surface area contributed by atoms with Crippen LogP contribution in [0.4, 0.5) is 0 Å². The smallest absolute Gasteiger partial charge is 0.274 e. The SMILES string of the molecule is O=C(c1nc2ccc(Cl)cn2c1CNC1(c2ccccc2)CC1)N1CCCCCCC1. The summed E-state index contributed by atoms with van der Waals surface area (Å²) in [7, 11) is 0. The number of hydrogen-bond acceptors (Lipinski definition) is 3. The largest absolute Gasteiger partial charge is 0.337 e. The molecule has 1 N–H and O–H groups in total. The van der Waals surface area contributed by atoms with Crippen molar-refractivity contribution in [1.29, 1.82) is 0 Å². The summed E-state index contributed by atoms with van der Waals surface area (Å²) in [5, 5.41) is 4.39. The first-order valence-electron chi connectivity index (χ1n) is 11.4. The molecule has 1 aliphatic heterocycles. The zero-order valence-corrected chi connectivity index (χ0v) is 18.6. The summed E-state index contributed by atoms with van der Waals surface area (Å²) < 4.78 is 1.98. The van der Waals surface area contributed by atoms with Crippen LogP contribution in [0.15, 0.2) is 48.7 Å². The number of fused-ring (bicyclic) bond motifs is 1. The molecule has 0 bridgehead atoms. The van der Waals surface area contributed by atoms with Crippen molar-refractivity contribution < 1.29 is 4.79 Å². The van der Waals surface area contributed by atoms with E-state index in [1.165, 1.54) is 24.8 Å². The van der Waals surface area contributed by atoms with Crippen LogP contribution in [-0.4, -0.2) is 33.3 Å². The second-order valence-electron chi connectivity index (χ2n) is 8.84. The summed E-state index contributed by atoms with van der Waals surface area (Å²) >= 11 is 6.30. The zero-order valence-electron chi connectivity index (χ0n) is 17.8. The molecular formula is C25H29ClN4O. The minimum atomic E-state index is -0.00910. The minimum absolute atomic E-state index is 0.00910. The molecule has 1 saturated carbocycles. The molecule has 162 valence electrons. The fourth-order valence-electron chi connectivity index (χ4n) is 4.71. The summed E-state index contributed by atoms with van der Waals surface area (Å²) in [5.41, 5.74) is 3.51. The van der Waals surface area contributed by atoms with Gasteiger partial charge < -0.3 is 14.6 Å². The van der Waals surface area contributed by atoms with Gasteiger partial charge in [-0.1, -0.05) is 61.2 Å². The maximum absolute atomic E-state index is 13.5. The van der Waals surface area contributed by atoms with Crippen molar-refractivity contribution >= 4 is 23.2 Å². The van der Waals surface area contributed by atoms with Gasteiger partial charge in [-0.15, -0.1) is 0 Å². The molecule has 0 radical (unpaired) electrons. The number of nitrogens with one attached hydrogen (secondary N) is 1. The van der Waals surface area contributed by atoms with E-state index in [0.717, 1.165) is 50.1 Å². The standard InChI is InChI=1S/C25H29ClN4O/c26-20-11-12-22-28-23(24(31)29-15-7-2-1-3-8-16-29)21(30(22)18-20)17-27-25(13-14-25)19-9-5-4-6-10-19/h4-6,9-12,18,27H,1-3,7-8,13-17H2. The van der Waals surface area contributed by atoms with E-state index in [0.29, 0.717) is 17.3 Å². The lowest BCUT2D eigenvalue weighted by Crippen LogP contribution is -2.35. The molecule has 1 aromatic carbocycles. The number of likely N-dealkylation sites (tertiary alicyclic amines) is 1. The Labute approximate surface area is 188 Å². The fraction of sp³-hybridized carbons (Fsp3) is 0.440. The Morgan fingerprint density at radius 3 is 2.42 bits per heavy atom. The molecular weight excluding hydrogens is 408 g/mol. The first-order valence-corrected chi connectivity index (χ1v) is 11.8. The molecule has 1 aliphatic carbocycles. The van der Waals surface area contributed by atoms with Crippen molar-refractivity contribution in [2.45, 2.75) is 57.0 Å². The maximum atomic E-state index is 13.5.